The molecule has 0 aliphatic carbocycles. The summed E-state index contributed by atoms with van der Waals surface area (Å²) in [5.41, 5.74) is 0.694. The summed E-state index contributed by atoms with van der Waals surface area (Å²) in [5.74, 6) is 0.963. The van der Waals surface area contributed by atoms with Crippen LogP contribution in [0.3, 0.4) is 0 Å². The number of aromatic nitrogens is 1. The Morgan fingerprint density at radius 3 is 2.52 bits per heavy atom. The lowest BCUT2D eigenvalue weighted by Gasteiger charge is -2.37. The molecule has 154 valence electrons. The molecule has 0 bridgehead atoms. The van der Waals surface area contributed by atoms with E-state index in [0.717, 1.165) is 5.56 Å². The maximum atomic E-state index is 12.7. The maximum Gasteiger partial charge on any atom is 0.287 e. The van der Waals surface area contributed by atoms with Crippen molar-refractivity contribution < 1.29 is 14.5 Å². The predicted molar refractivity (Wildman–Crippen MR) is 111 cm³/mol. The Morgan fingerprint density at radius 2 is 1.93 bits per heavy atom. The molecule has 1 amide bonds. The molecule has 1 atom stereocenters. The minimum absolute atomic E-state index is 0.0353. The van der Waals surface area contributed by atoms with Crippen molar-refractivity contribution in [3.8, 4) is 5.75 Å². The van der Waals surface area contributed by atoms with Crippen LogP contribution in [0.5, 0.6) is 5.75 Å². The molecule has 1 aromatic carbocycles. The normalized spacial score (nSPS) is 15.2. The highest BCUT2D eigenvalue weighted by Gasteiger charge is 2.27. The average Bonchev–Trinajstić information content (AvgIpc) is 2.69. The number of halogens is 2. The molecule has 0 N–H and O–H groups in total. The Balaban J connectivity index is 1.60. The van der Waals surface area contributed by atoms with Crippen molar-refractivity contribution in [1.29, 1.82) is 0 Å². The number of hydrogen-bond donors (Lipinski definition) is 0. The summed E-state index contributed by atoms with van der Waals surface area (Å²) in [7, 11) is 0. The van der Waals surface area contributed by atoms with Gasteiger partial charge in [0.05, 0.1) is 9.95 Å². The Kier molecular flexibility index (Phi) is 6.44. The van der Waals surface area contributed by atoms with Crippen LogP contribution in [-0.4, -0.2) is 53.0 Å². The Bertz CT molecular complexity index is 932. The zero-order valence-electron chi connectivity index (χ0n) is 16.0. The van der Waals surface area contributed by atoms with Gasteiger partial charge in [-0.1, -0.05) is 23.2 Å². The highest BCUT2D eigenvalue weighted by atomic mass is 35.5. The smallest absolute Gasteiger partial charge is 0.287 e. The summed E-state index contributed by atoms with van der Waals surface area (Å²) in [5, 5.41) is 11.7. The number of pyridine rings is 1. The number of ether oxygens (including phenoxy) is 1. The van der Waals surface area contributed by atoms with Gasteiger partial charge in [0, 0.05) is 37.3 Å². The fourth-order valence-corrected chi connectivity index (χ4v) is 3.64. The van der Waals surface area contributed by atoms with Gasteiger partial charge in [0.15, 0.2) is 6.10 Å². The van der Waals surface area contributed by atoms with Gasteiger partial charge in [0.25, 0.3) is 11.6 Å². The second-order valence-electron chi connectivity index (χ2n) is 6.74. The molecule has 1 unspecified atom stereocenters. The molecule has 2 aromatic rings. The molecule has 3 rings (SSSR count). The highest BCUT2D eigenvalue weighted by Crippen LogP contribution is 2.29. The number of anilines is 1. The first-order valence-electron chi connectivity index (χ1n) is 9.02. The number of nitro groups is 1. The number of aryl methyl sites for hydroxylation is 1. The molecule has 1 fully saturated rings. The highest BCUT2D eigenvalue weighted by molar-refractivity contribution is 6.35. The summed E-state index contributed by atoms with van der Waals surface area (Å²) < 4.78 is 5.71. The van der Waals surface area contributed by atoms with Gasteiger partial charge < -0.3 is 14.5 Å². The van der Waals surface area contributed by atoms with Gasteiger partial charge in [-0.25, -0.2) is 4.98 Å². The van der Waals surface area contributed by atoms with E-state index in [9.17, 15) is 14.9 Å². The largest absolute Gasteiger partial charge is 0.479 e. The molecule has 8 nitrogen and oxygen atoms in total. The molecule has 10 heteroatoms. The van der Waals surface area contributed by atoms with E-state index >= 15 is 0 Å². The van der Waals surface area contributed by atoms with Crippen LogP contribution < -0.4 is 9.64 Å². The number of nitrogens with zero attached hydrogens (tertiary/aromatic N) is 4. The molecule has 1 aromatic heterocycles. The summed E-state index contributed by atoms with van der Waals surface area (Å²) in [6, 6.07) is 6.35. The van der Waals surface area contributed by atoms with Crippen molar-refractivity contribution in [2.75, 3.05) is 31.1 Å². The van der Waals surface area contributed by atoms with E-state index in [2.05, 4.69) is 4.98 Å². The number of piperazine rings is 1. The van der Waals surface area contributed by atoms with Crippen LogP contribution in [0.2, 0.25) is 10.0 Å². The van der Waals surface area contributed by atoms with E-state index in [1.807, 2.05) is 4.90 Å². The van der Waals surface area contributed by atoms with Gasteiger partial charge in [0.2, 0.25) is 0 Å². The molecule has 0 spiro atoms. The first kappa shape index (κ1) is 21.1. The minimum atomic E-state index is -0.695. The van der Waals surface area contributed by atoms with Gasteiger partial charge in [0.1, 0.15) is 17.8 Å². The van der Waals surface area contributed by atoms with E-state index in [1.54, 1.807) is 36.9 Å². The lowest BCUT2D eigenvalue weighted by Crippen LogP contribution is -2.52. The lowest BCUT2D eigenvalue weighted by molar-refractivity contribution is -0.385. The molecule has 0 radical (unpaired) electrons. The Labute approximate surface area is 178 Å². The summed E-state index contributed by atoms with van der Waals surface area (Å²) in [6.45, 7) is 5.62. The topological polar surface area (TPSA) is 88.8 Å². The molecule has 1 aliphatic rings. The number of carbonyl (C=O) groups excluding carboxylic acids is 1. The van der Waals surface area contributed by atoms with Crippen molar-refractivity contribution in [2.45, 2.75) is 20.0 Å². The zero-order valence-corrected chi connectivity index (χ0v) is 17.5. The number of amides is 1. The number of rotatable bonds is 5. The van der Waals surface area contributed by atoms with Crippen LogP contribution in [0, 0.1) is 17.0 Å². The zero-order chi connectivity index (χ0) is 21.1. The predicted octanol–water partition coefficient (Wildman–Crippen LogP) is 3.72. The molecule has 1 aliphatic heterocycles. The maximum absolute atomic E-state index is 12.7. The van der Waals surface area contributed by atoms with Crippen molar-refractivity contribution in [3.05, 3.63) is 56.2 Å². The van der Waals surface area contributed by atoms with Crippen molar-refractivity contribution in [3.63, 3.8) is 0 Å². The third-order valence-corrected chi connectivity index (χ3v) is 5.21. The first-order valence-corrected chi connectivity index (χ1v) is 9.78. The molecule has 2 heterocycles. The quantitative estimate of drug-likeness (QED) is 0.521. The third-order valence-electron chi connectivity index (χ3n) is 4.68. The average molecular weight is 439 g/mol. The molecule has 29 heavy (non-hydrogen) atoms. The van der Waals surface area contributed by atoms with E-state index in [1.165, 1.54) is 12.3 Å². The van der Waals surface area contributed by atoms with Gasteiger partial charge >= 0.3 is 0 Å². The van der Waals surface area contributed by atoms with Crippen LogP contribution in [-0.2, 0) is 4.79 Å². The summed E-state index contributed by atoms with van der Waals surface area (Å²) in [4.78, 5) is 31.1. The molecule has 0 saturated carbocycles. The minimum Gasteiger partial charge on any atom is -0.479 e. The van der Waals surface area contributed by atoms with Crippen molar-refractivity contribution in [1.82, 2.24) is 9.88 Å². The standard InChI is InChI=1S/C19H20Cl2N4O4/c1-12-9-15(25(27)28)11-22-18(12)23-5-7-24(8-6-23)19(26)13(2)29-17-4-3-14(20)10-16(17)21/h3-4,9-11,13H,5-8H2,1-2H3. The van der Waals surface area contributed by atoms with Crippen molar-refractivity contribution >= 4 is 40.6 Å². The molecular weight excluding hydrogens is 419 g/mol. The summed E-state index contributed by atoms with van der Waals surface area (Å²) >= 11 is 12.0. The molecular formula is C19H20Cl2N4O4. The van der Waals surface area contributed by atoms with Crippen LogP contribution in [0.4, 0.5) is 11.5 Å². The fraction of sp³-hybridized carbons (Fsp3) is 0.368. The first-order chi connectivity index (χ1) is 13.8. The second-order valence-corrected chi connectivity index (χ2v) is 7.58. The van der Waals surface area contributed by atoms with E-state index in [0.29, 0.717) is 47.8 Å². The van der Waals surface area contributed by atoms with Gasteiger partial charge in [-0.2, -0.15) is 0 Å². The van der Waals surface area contributed by atoms with Gasteiger partial charge in [-0.3, -0.25) is 14.9 Å². The molecule has 1 saturated heterocycles. The lowest BCUT2D eigenvalue weighted by atomic mass is 10.2. The number of carbonyl (C=O) groups is 1. The van der Waals surface area contributed by atoms with E-state index in [-0.39, 0.29) is 11.6 Å². The second kappa shape index (κ2) is 8.84. The van der Waals surface area contributed by atoms with E-state index in [4.69, 9.17) is 27.9 Å². The summed E-state index contributed by atoms with van der Waals surface area (Å²) in [6.07, 6.45) is 0.561. The van der Waals surface area contributed by atoms with Gasteiger partial charge in [-0.05, 0) is 37.6 Å². The van der Waals surface area contributed by atoms with Crippen LogP contribution in [0.25, 0.3) is 0 Å². The Morgan fingerprint density at radius 1 is 1.24 bits per heavy atom. The Hall–Kier alpha value is -2.58. The van der Waals surface area contributed by atoms with Crippen molar-refractivity contribution in [2.24, 2.45) is 0 Å². The third kappa shape index (κ3) is 4.89. The van der Waals surface area contributed by atoms with Crippen LogP contribution in [0.15, 0.2) is 30.5 Å². The van der Waals surface area contributed by atoms with Gasteiger partial charge in [-0.15, -0.1) is 0 Å². The van der Waals surface area contributed by atoms with Crippen LogP contribution >= 0.6 is 23.2 Å². The fourth-order valence-electron chi connectivity index (χ4n) is 3.19. The van der Waals surface area contributed by atoms with Crippen LogP contribution in [0.1, 0.15) is 12.5 Å². The number of hydrogen-bond acceptors (Lipinski definition) is 6. The monoisotopic (exact) mass is 438 g/mol. The number of benzene rings is 1. The van der Waals surface area contributed by atoms with E-state index < -0.39 is 11.0 Å². The SMILES string of the molecule is Cc1cc([N+](=O)[O-])cnc1N1CCN(C(=O)C(C)Oc2ccc(Cl)cc2Cl)CC1.